The van der Waals surface area contributed by atoms with Gasteiger partial charge in [0.2, 0.25) is 0 Å². The summed E-state index contributed by atoms with van der Waals surface area (Å²) in [6, 6.07) is 14.3. The molecule has 0 saturated carbocycles. The zero-order valence-corrected chi connectivity index (χ0v) is 16.6. The molecular weight excluding hydrogens is 352 g/mol. The van der Waals surface area contributed by atoms with Gasteiger partial charge in [0.1, 0.15) is 5.75 Å². The van der Waals surface area contributed by atoms with Gasteiger partial charge in [-0.2, -0.15) is 0 Å². The highest BCUT2D eigenvalue weighted by molar-refractivity contribution is 5.94. The number of carbonyl (C=O) groups is 1. The molecule has 5 heteroatoms. The molecule has 28 heavy (non-hydrogen) atoms. The Hall–Kier alpha value is -2.37. The van der Waals surface area contributed by atoms with E-state index >= 15 is 0 Å². The number of aliphatic hydroxyl groups is 1. The number of aliphatic hydroxyl groups excluding tert-OH is 1. The Morgan fingerprint density at radius 2 is 1.82 bits per heavy atom. The molecule has 2 aromatic carbocycles. The molecule has 0 radical (unpaired) electrons. The van der Waals surface area contributed by atoms with Crippen LogP contribution >= 0.6 is 0 Å². The molecule has 1 aliphatic rings. The predicted octanol–water partition coefficient (Wildman–Crippen LogP) is 3.57. The first-order chi connectivity index (χ1) is 13.6. The molecule has 1 saturated heterocycles. The molecule has 2 N–H and O–H groups in total. The molecule has 0 aromatic heterocycles. The second-order valence-electron chi connectivity index (χ2n) is 7.49. The third-order valence-electron chi connectivity index (χ3n) is 5.37. The summed E-state index contributed by atoms with van der Waals surface area (Å²) in [7, 11) is 0. The Balaban J connectivity index is 1.62. The summed E-state index contributed by atoms with van der Waals surface area (Å²) in [5.41, 5.74) is 2.46. The lowest BCUT2D eigenvalue weighted by molar-refractivity contribution is 0.0635. The highest BCUT2D eigenvalue weighted by Crippen LogP contribution is 2.20. The highest BCUT2D eigenvalue weighted by atomic mass is 16.3. The van der Waals surface area contributed by atoms with Crippen LogP contribution in [0.15, 0.2) is 48.5 Å². The minimum Gasteiger partial charge on any atom is -0.508 e. The molecule has 1 fully saturated rings. The van der Waals surface area contributed by atoms with Crippen LogP contribution in [0.4, 0.5) is 0 Å². The van der Waals surface area contributed by atoms with E-state index in [0.29, 0.717) is 17.7 Å². The van der Waals surface area contributed by atoms with Crippen molar-refractivity contribution in [3.05, 3.63) is 65.2 Å². The number of phenols is 1. The van der Waals surface area contributed by atoms with Crippen molar-refractivity contribution >= 4 is 5.91 Å². The number of aromatic hydroxyl groups is 1. The number of phenolic OH excluding ortho intramolecular Hbond substituents is 1. The molecule has 0 spiro atoms. The van der Waals surface area contributed by atoms with Gasteiger partial charge in [-0.3, -0.25) is 9.69 Å². The molecule has 1 unspecified atom stereocenters. The molecular formula is C23H30N2O3. The third-order valence-corrected chi connectivity index (χ3v) is 5.37. The first-order valence-electron chi connectivity index (χ1n) is 10.1. The monoisotopic (exact) mass is 382 g/mol. The normalized spacial score (nSPS) is 15.9. The van der Waals surface area contributed by atoms with E-state index in [1.54, 1.807) is 23.1 Å². The summed E-state index contributed by atoms with van der Waals surface area (Å²) < 4.78 is 0. The number of likely N-dealkylation sites (tertiary alicyclic amines) is 1. The van der Waals surface area contributed by atoms with Crippen molar-refractivity contribution in [3.63, 3.8) is 0 Å². The Labute approximate surface area is 167 Å². The van der Waals surface area contributed by atoms with E-state index in [1.165, 1.54) is 30.9 Å². The third kappa shape index (κ3) is 5.33. The van der Waals surface area contributed by atoms with E-state index in [1.807, 2.05) is 31.2 Å². The van der Waals surface area contributed by atoms with Gasteiger partial charge in [-0.05, 0) is 68.2 Å². The Morgan fingerprint density at radius 3 is 2.46 bits per heavy atom. The fraction of sp³-hybridized carbons (Fsp3) is 0.435. The summed E-state index contributed by atoms with van der Waals surface area (Å²) in [6.45, 7) is 5.83. The molecule has 2 aromatic rings. The van der Waals surface area contributed by atoms with Crippen molar-refractivity contribution in [2.24, 2.45) is 0 Å². The van der Waals surface area contributed by atoms with E-state index < -0.39 is 6.10 Å². The fourth-order valence-corrected chi connectivity index (χ4v) is 3.71. The van der Waals surface area contributed by atoms with Crippen molar-refractivity contribution in [1.82, 2.24) is 9.80 Å². The van der Waals surface area contributed by atoms with Crippen molar-refractivity contribution in [1.29, 1.82) is 0 Å². The van der Waals surface area contributed by atoms with Gasteiger partial charge in [0, 0.05) is 18.7 Å². The van der Waals surface area contributed by atoms with Crippen LogP contribution in [0, 0.1) is 0 Å². The SMILES string of the molecule is CCN(CC(O)c1cccc(O)c1)C(=O)c1ccc(CN2CCCCC2)cc1. The number of piperidine rings is 1. The average molecular weight is 383 g/mol. The maximum absolute atomic E-state index is 12.9. The Bertz CT molecular complexity index is 770. The van der Waals surface area contributed by atoms with E-state index in [4.69, 9.17) is 0 Å². The van der Waals surface area contributed by atoms with Gasteiger partial charge in [0.15, 0.2) is 0 Å². The first kappa shape index (κ1) is 20.4. The van der Waals surface area contributed by atoms with Crippen LogP contribution in [-0.2, 0) is 6.54 Å². The maximum Gasteiger partial charge on any atom is 0.253 e. The summed E-state index contributed by atoms with van der Waals surface area (Å²) in [4.78, 5) is 17.0. The van der Waals surface area contributed by atoms with Gasteiger partial charge in [-0.25, -0.2) is 0 Å². The molecule has 0 aliphatic carbocycles. The van der Waals surface area contributed by atoms with Gasteiger partial charge in [-0.1, -0.05) is 30.7 Å². The van der Waals surface area contributed by atoms with Crippen molar-refractivity contribution in [2.75, 3.05) is 26.2 Å². The van der Waals surface area contributed by atoms with E-state index in [2.05, 4.69) is 4.90 Å². The minimum absolute atomic E-state index is 0.0915. The molecule has 5 nitrogen and oxygen atoms in total. The molecule has 1 aliphatic heterocycles. The lowest BCUT2D eigenvalue weighted by Crippen LogP contribution is -2.34. The summed E-state index contributed by atoms with van der Waals surface area (Å²) >= 11 is 0. The summed E-state index contributed by atoms with van der Waals surface area (Å²) in [5, 5.41) is 20.0. The largest absolute Gasteiger partial charge is 0.508 e. The van der Waals surface area contributed by atoms with Gasteiger partial charge in [0.05, 0.1) is 12.6 Å². The van der Waals surface area contributed by atoms with Crippen LogP contribution in [0.1, 0.15) is 53.8 Å². The zero-order chi connectivity index (χ0) is 19.9. The van der Waals surface area contributed by atoms with Crippen LogP contribution in [0.5, 0.6) is 5.75 Å². The molecule has 150 valence electrons. The number of amides is 1. The van der Waals surface area contributed by atoms with Crippen molar-refractivity contribution < 1.29 is 15.0 Å². The fourth-order valence-electron chi connectivity index (χ4n) is 3.71. The van der Waals surface area contributed by atoms with E-state index in [0.717, 1.165) is 19.6 Å². The number of likely N-dealkylation sites (N-methyl/N-ethyl adjacent to an activating group) is 1. The summed E-state index contributed by atoms with van der Waals surface area (Å²) in [5.74, 6) is 0.0152. The lowest BCUT2D eigenvalue weighted by atomic mass is 10.1. The molecule has 3 rings (SSSR count). The topological polar surface area (TPSA) is 64.0 Å². The number of rotatable bonds is 7. The number of nitrogens with zero attached hydrogens (tertiary/aromatic N) is 2. The van der Waals surface area contributed by atoms with Crippen LogP contribution < -0.4 is 0 Å². The maximum atomic E-state index is 12.9. The van der Waals surface area contributed by atoms with Crippen LogP contribution in [0.2, 0.25) is 0 Å². The first-order valence-corrected chi connectivity index (χ1v) is 10.1. The molecule has 0 bridgehead atoms. The van der Waals surface area contributed by atoms with Crippen molar-refractivity contribution in [2.45, 2.75) is 38.8 Å². The number of benzene rings is 2. The summed E-state index contributed by atoms with van der Waals surface area (Å²) in [6.07, 6.45) is 3.02. The van der Waals surface area contributed by atoms with Gasteiger partial charge in [-0.15, -0.1) is 0 Å². The van der Waals surface area contributed by atoms with E-state index in [9.17, 15) is 15.0 Å². The smallest absolute Gasteiger partial charge is 0.253 e. The predicted molar refractivity (Wildman–Crippen MR) is 110 cm³/mol. The molecule has 1 atom stereocenters. The second-order valence-corrected chi connectivity index (χ2v) is 7.49. The Kier molecular flexibility index (Phi) is 7.06. The van der Waals surface area contributed by atoms with Crippen LogP contribution in [0.3, 0.4) is 0 Å². The molecule has 1 amide bonds. The highest BCUT2D eigenvalue weighted by Gasteiger charge is 2.19. The quantitative estimate of drug-likeness (QED) is 0.768. The van der Waals surface area contributed by atoms with E-state index in [-0.39, 0.29) is 18.2 Å². The average Bonchev–Trinajstić information content (AvgIpc) is 2.72. The Morgan fingerprint density at radius 1 is 1.11 bits per heavy atom. The number of hydrogen-bond acceptors (Lipinski definition) is 4. The minimum atomic E-state index is -0.839. The van der Waals surface area contributed by atoms with Crippen molar-refractivity contribution in [3.8, 4) is 5.75 Å². The standard InChI is InChI=1S/C23H30N2O3/c1-2-25(17-22(27)20-7-6-8-21(26)15-20)23(28)19-11-9-18(10-12-19)16-24-13-4-3-5-14-24/h6-12,15,22,26-27H,2-5,13-14,16-17H2,1H3. The van der Waals surface area contributed by atoms with Gasteiger partial charge < -0.3 is 15.1 Å². The van der Waals surface area contributed by atoms with Crippen LogP contribution in [-0.4, -0.2) is 52.1 Å². The lowest BCUT2D eigenvalue weighted by Gasteiger charge is -2.26. The number of carbonyl (C=O) groups excluding carboxylic acids is 1. The van der Waals surface area contributed by atoms with Gasteiger partial charge in [0.25, 0.3) is 5.91 Å². The van der Waals surface area contributed by atoms with Crippen LogP contribution in [0.25, 0.3) is 0 Å². The molecule has 1 heterocycles. The zero-order valence-electron chi connectivity index (χ0n) is 16.6. The number of hydrogen-bond donors (Lipinski definition) is 2. The van der Waals surface area contributed by atoms with Gasteiger partial charge >= 0.3 is 0 Å². The second kappa shape index (κ2) is 9.71.